The van der Waals surface area contributed by atoms with E-state index in [1.807, 2.05) is 0 Å². The van der Waals surface area contributed by atoms with Gasteiger partial charge < -0.3 is 18.9 Å². The molecular weight excluding hydrogens is 416 g/mol. The monoisotopic (exact) mass is 436 g/mol. The Kier molecular flexibility index (Phi) is 7.91. The molecule has 1 fully saturated rings. The average Bonchev–Trinajstić information content (AvgIpc) is 2.81. The van der Waals surface area contributed by atoms with Crippen LogP contribution in [0.3, 0.4) is 0 Å². The number of rotatable bonds is 2. The van der Waals surface area contributed by atoms with E-state index in [2.05, 4.69) is 0 Å². The predicted molar refractivity (Wildman–Crippen MR) is 113 cm³/mol. The molecule has 3 rings (SSSR count). The van der Waals surface area contributed by atoms with Crippen molar-refractivity contribution in [1.82, 2.24) is 0 Å². The quantitative estimate of drug-likeness (QED) is 0.306. The molecule has 0 N–H and O–H groups in total. The maximum atomic E-state index is 12.4. The number of carbonyl (C=O) groups is 4. The van der Waals surface area contributed by atoms with Gasteiger partial charge in [0.2, 0.25) is 0 Å². The van der Waals surface area contributed by atoms with Crippen LogP contribution in [0, 0.1) is 0 Å². The van der Waals surface area contributed by atoms with E-state index in [0.717, 1.165) is 0 Å². The lowest BCUT2D eigenvalue weighted by Crippen LogP contribution is -2.25. The molecule has 0 unspecified atom stereocenters. The number of hydrogen-bond donors (Lipinski definition) is 0. The van der Waals surface area contributed by atoms with E-state index in [1.54, 1.807) is 60.7 Å². The maximum absolute atomic E-state index is 12.4. The summed E-state index contributed by atoms with van der Waals surface area (Å²) >= 11 is 0. The average molecular weight is 436 g/mol. The first kappa shape index (κ1) is 22.5. The van der Waals surface area contributed by atoms with E-state index >= 15 is 0 Å². The third-order valence-electron chi connectivity index (χ3n) is 4.20. The summed E-state index contributed by atoms with van der Waals surface area (Å²) < 4.78 is 20.2. The molecule has 0 radical (unpaired) electrons. The summed E-state index contributed by atoms with van der Waals surface area (Å²) in [4.78, 5) is 49.6. The lowest BCUT2D eigenvalue weighted by molar-refractivity contribution is -0.156. The highest BCUT2D eigenvalue weighted by Crippen LogP contribution is 2.13. The molecule has 1 saturated heterocycles. The van der Waals surface area contributed by atoms with E-state index in [1.165, 1.54) is 12.2 Å². The van der Waals surface area contributed by atoms with Crippen LogP contribution in [0.5, 0.6) is 0 Å². The van der Waals surface area contributed by atoms with Gasteiger partial charge in [-0.2, -0.15) is 0 Å². The molecule has 0 spiro atoms. The zero-order valence-corrected chi connectivity index (χ0v) is 17.0. The van der Waals surface area contributed by atoms with Crippen LogP contribution < -0.4 is 0 Å². The molecule has 0 aromatic heterocycles. The lowest BCUT2D eigenvalue weighted by atomic mass is 10.1. The summed E-state index contributed by atoms with van der Waals surface area (Å²) in [7, 11) is 0. The number of ether oxygens (including phenoxy) is 4. The SMILES string of the molecule is O=C1OCCOC(=O)C(=Cc2ccccc2)C(=O)OCCOC(=O)C1=Cc1ccccc1. The van der Waals surface area contributed by atoms with Crippen LogP contribution >= 0.6 is 0 Å². The number of benzene rings is 2. The topological polar surface area (TPSA) is 105 Å². The van der Waals surface area contributed by atoms with Gasteiger partial charge in [0, 0.05) is 0 Å². The minimum absolute atomic E-state index is 0.322. The molecule has 1 heterocycles. The Labute approximate surface area is 184 Å². The molecule has 0 atom stereocenters. The van der Waals surface area contributed by atoms with E-state index in [4.69, 9.17) is 18.9 Å². The minimum atomic E-state index is -0.927. The van der Waals surface area contributed by atoms with Gasteiger partial charge in [0.1, 0.15) is 37.6 Å². The Balaban J connectivity index is 1.77. The van der Waals surface area contributed by atoms with Crippen LogP contribution in [-0.2, 0) is 38.1 Å². The van der Waals surface area contributed by atoms with Crippen molar-refractivity contribution >= 4 is 36.0 Å². The van der Waals surface area contributed by atoms with Gasteiger partial charge in [-0.05, 0) is 23.3 Å². The second-order valence-corrected chi connectivity index (χ2v) is 6.48. The Morgan fingerprint density at radius 2 is 0.750 bits per heavy atom. The van der Waals surface area contributed by atoms with Crippen LogP contribution in [0.2, 0.25) is 0 Å². The van der Waals surface area contributed by atoms with Crippen molar-refractivity contribution < 1.29 is 38.1 Å². The van der Waals surface area contributed by atoms with Crippen LogP contribution in [0.1, 0.15) is 11.1 Å². The number of hydrogen-bond acceptors (Lipinski definition) is 8. The fraction of sp³-hybridized carbons (Fsp3) is 0.167. The summed E-state index contributed by atoms with van der Waals surface area (Å²) in [5.41, 5.74) is 0.503. The largest absolute Gasteiger partial charge is 0.458 e. The predicted octanol–water partition coefficient (Wildman–Crippen LogP) is 2.34. The summed E-state index contributed by atoms with van der Waals surface area (Å²) in [6.07, 6.45) is 2.66. The Hall–Kier alpha value is -4.20. The summed E-state index contributed by atoms with van der Waals surface area (Å²) in [5.74, 6) is -3.71. The molecule has 2 aromatic rings. The molecule has 32 heavy (non-hydrogen) atoms. The van der Waals surface area contributed by atoms with Crippen molar-refractivity contribution in [3.63, 3.8) is 0 Å². The number of cyclic esters (lactones) is 4. The van der Waals surface area contributed by atoms with Crippen LogP contribution in [0.15, 0.2) is 71.8 Å². The highest BCUT2D eigenvalue weighted by molar-refractivity contribution is 6.18. The van der Waals surface area contributed by atoms with Gasteiger partial charge in [0.25, 0.3) is 0 Å². The summed E-state index contributed by atoms with van der Waals surface area (Å²) in [5, 5.41) is 0. The normalized spacial score (nSPS) is 16.1. The number of carbonyl (C=O) groups excluding carboxylic acids is 4. The van der Waals surface area contributed by atoms with E-state index in [9.17, 15) is 19.2 Å². The van der Waals surface area contributed by atoms with Gasteiger partial charge in [0.15, 0.2) is 0 Å². The van der Waals surface area contributed by atoms with Gasteiger partial charge in [0.05, 0.1) is 0 Å². The molecule has 8 nitrogen and oxygen atoms in total. The first-order valence-electron chi connectivity index (χ1n) is 9.76. The fourth-order valence-electron chi connectivity index (χ4n) is 2.68. The Morgan fingerprint density at radius 3 is 1.03 bits per heavy atom. The first-order chi connectivity index (χ1) is 15.5. The van der Waals surface area contributed by atoms with Crippen molar-refractivity contribution in [2.24, 2.45) is 0 Å². The standard InChI is InChI=1S/C24H20O8/c25-21-19(15-17-7-3-1-4-8-17)22(26)30-12-14-32-24(28)20(23(27)31-13-11-29-21)16-18-9-5-2-6-10-18/h1-10,15-16H,11-14H2. The second kappa shape index (κ2) is 11.3. The fourth-order valence-corrected chi connectivity index (χ4v) is 2.68. The highest BCUT2D eigenvalue weighted by atomic mass is 16.6. The third-order valence-corrected chi connectivity index (χ3v) is 4.20. The van der Waals surface area contributed by atoms with Gasteiger partial charge in [-0.15, -0.1) is 0 Å². The smallest absolute Gasteiger partial charge is 0.345 e. The third kappa shape index (κ3) is 6.40. The molecule has 0 amide bonds. The molecule has 0 bridgehead atoms. The molecule has 0 aliphatic carbocycles. The molecule has 8 heteroatoms. The van der Waals surface area contributed by atoms with Crippen LogP contribution in [0.4, 0.5) is 0 Å². The van der Waals surface area contributed by atoms with E-state index < -0.39 is 23.9 Å². The lowest BCUT2D eigenvalue weighted by Gasteiger charge is -2.13. The molecule has 1 aliphatic heterocycles. The zero-order chi connectivity index (χ0) is 22.8. The van der Waals surface area contributed by atoms with E-state index in [-0.39, 0.29) is 37.6 Å². The van der Waals surface area contributed by atoms with E-state index in [0.29, 0.717) is 11.1 Å². The van der Waals surface area contributed by atoms with Gasteiger partial charge in [-0.25, -0.2) is 19.2 Å². The van der Waals surface area contributed by atoms with Gasteiger partial charge >= 0.3 is 23.9 Å². The summed E-state index contributed by atoms with van der Waals surface area (Å²) in [6.45, 7) is -1.29. The minimum Gasteiger partial charge on any atom is -0.458 e. The molecule has 1 aliphatic rings. The van der Waals surface area contributed by atoms with Crippen molar-refractivity contribution in [3.8, 4) is 0 Å². The Morgan fingerprint density at radius 1 is 0.469 bits per heavy atom. The van der Waals surface area contributed by atoms with Gasteiger partial charge in [-0.1, -0.05) is 60.7 Å². The van der Waals surface area contributed by atoms with Crippen LogP contribution in [0.25, 0.3) is 12.2 Å². The molecule has 0 saturated carbocycles. The van der Waals surface area contributed by atoms with Gasteiger partial charge in [-0.3, -0.25) is 0 Å². The first-order valence-corrected chi connectivity index (χ1v) is 9.76. The molecular formula is C24H20O8. The van der Waals surface area contributed by atoms with Crippen LogP contribution in [-0.4, -0.2) is 50.3 Å². The zero-order valence-electron chi connectivity index (χ0n) is 17.0. The number of esters is 4. The Bertz CT molecular complexity index is 913. The maximum Gasteiger partial charge on any atom is 0.345 e. The molecule has 2 aromatic carbocycles. The van der Waals surface area contributed by atoms with Crippen molar-refractivity contribution in [2.75, 3.05) is 26.4 Å². The summed E-state index contributed by atoms with van der Waals surface area (Å²) in [6, 6.07) is 17.3. The highest BCUT2D eigenvalue weighted by Gasteiger charge is 2.25. The van der Waals surface area contributed by atoms with Crippen molar-refractivity contribution in [1.29, 1.82) is 0 Å². The van der Waals surface area contributed by atoms with Crippen molar-refractivity contribution in [2.45, 2.75) is 0 Å². The molecule has 164 valence electrons. The van der Waals surface area contributed by atoms with Crippen molar-refractivity contribution in [3.05, 3.63) is 82.9 Å². The second-order valence-electron chi connectivity index (χ2n) is 6.48.